The predicted octanol–water partition coefficient (Wildman–Crippen LogP) is 6.29. The molecule has 5 unspecified atom stereocenters. The molecule has 0 saturated heterocycles. The molecule has 0 bridgehead atoms. The molecule has 0 heterocycles. The topological polar surface area (TPSA) is 549 Å². The zero-order valence-electron chi connectivity index (χ0n) is 61.4. The molecule has 6 N–H and O–H groups in total. The monoisotopic (exact) mass is 1590 g/mol. The molecule has 0 aromatic heterocycles. The van der Waals surface area contributed by atoms with Crippen molar-refractivity contribution in [3.63, 3.8) is 0 Å². The predicted molar refractivity (Wildman–Crippen MR) is 384 cm³/mol. The van der Waals surface area contributed by atoms with Gasteiger partial charge in [-0.05, 0) is 69.0 Å². The van der Waals surface area contributed by atoms with Gasteiger partial charge in [-0.2, -0.15) is 0 Å². The molecule has 2 fully saturated rings. The lowest BCUT2D eigenvalue weighted by Gasteiger charge is -2.33. The van der Waals surface area contributed by atoms with Crippen LogP contribution < -0.4 is 0 Å². The summed E-state index contributed by atoms with van der Waals surface area (Å²) >= 11 is 0. The Kier molecular flexibility index (Phi) is 44.5. The fraction of sp³-hybridized carbons (Fsp3) is 0.368. The Labute approximate surface area is 645 Å². The van der Waals surface area contributed by atoms with Crippen molar-refractivity contribution in [2.75, 3.05) is 85.9 Å². The van der Waals surface area contributed by atoms with Gasteiger partial charge in [0.05, 0.1) is 68.5 Å². The summed E-state index contributed by atoms with van der Waals surface area (Å²) in [5.74, 6) is -21.5. The van der Waals surface area contributed by atoms with Crippen molar-refractivity contribution in [3.05, 3.63) is 182 Å². The lowest BCUT2D eigenvalue weighted by atomic mass is 9.79. The molecule has 0 aliphatic heterocycles. The lowest BCUT2D eigenvalue weighted by Crippen LogP contribution is -2.45. The highest BCUT2D eigenvalue weighted by atomic mass is 16.6. The first kappa shape index (κ1) is 97.4. The number of benzene rings is 2. The molecule has 2 aromatic carbocycles. The van der Waals surface area contributed by atoms with Crippen molar-refractivity contribution in [1.29, 1.82) is 0 Å². The fourth-order valence-corrected chi connectivity index (χ4v) is 9.47. The smallest absolute Gasteiger partial charge is 0.339 e. The summed E-state index contributed by atoms with van der Waals surface area (Å²) < 4.78 is 64.4. The highest BCUT2D eigenvalue weighted by molar-refractivity contribution is 6.10. The third kappa shape index (κ3) is 36.0. The molecule has 0 radical (unpaired) electrons. The normalized spacial score (nSPS) is 14.5. The van der Waals surface area contributed by atoms with Crippen molar-refractivity contribution >= 4 is 107 Å². The van der Waals surface area contributed by atoms with E-state index in [9.17, 15) is 107 Å². The van der Waals surface area contributed by atoms with Crippen LogP contribution in [-0.4, -0.2) is 224 Å². The van der Waals surface area contributed by atoms with Crippen molar-refractivity contribution < 1.29 is 179 Å². The lowest BCUT2D eigenvalue weighted by molar-refractivity contribution is -0.172. The number of aromatic carboxylic acids is 4. The molecule has 2 aliphatic rings. The van der Waals surface area contributed by atoms with E-state index in [0.29, 0.717) is 56.4 Å². The number of hydrogen-bond donors (Lipinski definition) is 6. The van der Waals surface area contributed by atoms with Gasteiger partial charge >= 0.3 is 107 Å². The highest BCUT2D eigenvalue weighted by Crippen LogP contribution is 2.34. The Morgan fingerprint density at radius 2 is 0.681 bits per heavy atom. The van der Waals surface area contributed by atoms with Crippen molar-refractivity contribution in [3.8, 4) is 0 Å². The summed E-state index contributed by atoms with van der Waals surface area (Å²) in [5, 5.41) is 55.3. The average molecular weight is 1590 g/mol. The van der Waals surface area contributed by atoms with Crippen molar-refractivity contribution in [2.45, 2.75) is 58.3 Å². The van der Waals surface area contributed by atoms with Gasteiger partial charge in [0.15, 0.2) is 0 Å². The Balaban J connectivity index is 0.000000760. The maximum atomic E-state index is 12.7. The molecule has 2 aliphatic carbocycles. The van der Waals surface area contributed by atoms with E-state index in [2.05, 4.69) is 68.7 Å². The summed E-state index contributed by atoms with van der Waals surface area (Å²) in [6, 6.07) is 4.42. The standard InChI is InChI=1S/C22H28O10.C20H18O12.C19H26O8.C15H14O7/c1-4-17(23)29-11-22(12-30-18(24)5-2,13-31-19(25)6-3)14-32-21(28)16-10-8-7-9-15(16)20(26)27;1-3-15(21)29-5-7-31-19(27)13-9-12(18(25)26)14(10-11(13)17(23)24)20(28)32-8-6-30-16(22)4-2;1-4-16(20)25-9-13(10-26-18(23)12(2)3)11-27-19(24)15-8-6-5-7-14(15)17(21)22;1-3-9(2)21-6-7-22-15(20)11-5-4-10(13(16)17)8-12(11)14(18)19/h4-6,15-16H,1-3,7-14H2,(H,26,27);3-4,9-10H,1-2,5-8H2,(H,23,24)(H,25,26);4,13-15H,1-2,5-11H2,3H3,(H,21,22);3-5,8H,1-2,6-7H2,(H,16,17)(H,18,19). The number of allylic oxidation sites excluding steroid dienone is 1. The molecule has 0 spiro atoms. The first-order valence-electron chi connectivity index (χ1n) is 33.5. The van der Waals surface area contributed by atoms with E-state index in [-0.39, 0.29) is 62.9 Å². The molecule has 37 heteroatoms. The molecule has 2 saturated carbocycles. The Bertz CT molecular complexity index is 3790. The van der Waals surface area contributed by atoms with Crippen LogP contribution in [0, 0.1) is 35.0 Å². The maximum absolute atomic E-state index is 12.7. The zero-order chi connectivity index (χ0) is 85.5. The number of carboxylic acid groups (broad SMARTS) is 6. The highest BCUT2D eigenvalue weighted by Gasteiger charge is 2.42. The van der Waals surface area contributed by atoms with Gasteiger partial charge in [-0.1, -0.05) is 84.9 Å². The van der Waals surface area contributed by atoms with E-state index in [1.807, 2.05) is 0 Å². The van der Waals surface area contributed by atoms with Crippen LogP contribution in [0.5, 0.6) is 0 Å². The van der Waals surface area contributed by atoms with E-state index >= 15 is 0 Å². The number of carbonyl (C=O) groups is 18. The Morgan fingerprint density at radius 1 is 0.363 bits per heavy atom. The maximum Gasteiger partial charge on any atom is 0.339 e. The average Bonchev–Trinajstić information content (AvgIpc) is 0.788. The van der Waals surface area contributed by atoms with Crippen molar-refractivity contribution in [1.82, 2.24) is 0 Å². The largest absolute Gasteiger partial charge is 0.491 e. The van der Waals surface area contributed by atoms with Gasteiger partial charge in [0, 0.05) is 42.0 Å². The second kappa shape index (κ2) is 51.6. The van der Waals surface area contributed by atoms with E-state index in [4.69, 9.17) is 62.3 Å². The minimum Gasteiger partial charge on any atom is -0.491 e. The molecule has 5 atom stereocenters. The number of ether oxygens (including phenoxy) is 13. The van der Waals surface area contributed by atoms with Gasteiger partial charge < -0.3 is 92.2 Å². The molecule has 113 heavy (non-hydrogen) atoms. The summed E-state index contributed by atoms with van der Waals surface area (Å²) in [4.78, 5) is 209. The Hall–Kier alpha value is -13.6. The van der Waals surface area contributed by atoms with Gasteiger partial charge in [0.1, 0.15) is 97.1 Å². The molecule has 612 valence electrons. The number of hydrogen-bond acceptors (Lipinski definition) is 31. The molecular formula is C76H86O37. The number of carboxylic acids is 6. The van der Waals surface area contributed by atoms with Crippen LogP contribution in [0.4, 0.5) is 0 Å². The van der Waals surface area contributed by atoms with E-state index in [0.717, 1.165) is 67.5 Å². The number of esters is 12. The summed E-state index contributed by atoms with van der Waals surface area (Å²) in [6.45, 7) is 27.4. The van der Waals surface area contributed by atoms with Gasteiger partial charge in [0.25, 0.3) is 0 Å². The number of carbonyl (C=O) groups excluding carboxylic acids is 12. The number of aliphatic carboxylic acids is 2. The first-order chi connectivity index (χ1) is 53.4. The first-order valence-corrected chi connectivity index (χ1v) is 33.5. The molecular weight excluding hydrogens is 1500 g/mol. The minimum atomic E-state index is -1.65. The van der Waals surface area contributed by atoms with Crippen LogP contribution in [-0.2, 0) is 114 Å². The van der Waals surface area contributed by atoms with Gasteiger partial charge in [-0.3, -0.25) is 19.2 Å². The molecule has 2 aromatic rings. The second-order valence-electron chi connectivity index (χ2n) is 23.5. The van der Waals surface area contributed by atoms with Crippen LogP contribution in [0.25, 0.3) is 0 Å². The SMILES string of the molecule is C=CC(=C)OCCOC(=O)c1ccc(C(=O)O)cc1C(=O)O.C=CC(=O)OCC(COC(=O)C(=C)C)COC(=O)C1CCCCC1C(=O)O.C=CC(=O)OCC(COC(=O)C=C)(COC(=O)C=C)COC(=O)C1CCCCC1C(=O)O.C=CC(=O)OCCOC(=O)c1cc(C(=O)O)c(C(=O)OCCOC(=O)C=C)cc1C(=O)O. The van der Waals surface area contributed by atoms with E-state index in [1.54, 1.807) is 0 Å². The second-order valence-corrected chi connectivity index (χ2v) is 23.5. The van der Waals surface area contributed by atoms with Gasteiger partial charge in [0.2, 0.25) is 0 Å². The van der Waals surface area contributed by atoms with Crippen LogP contribution in [0.3, 0.4) is 0 Å². The van der Waals surface area contributed by atoms with Crippen molar-refractivity contribution in [2.24, 2.45) is 35.0 Å². The summed E-state index contributed by atoms with van der Waals surface area (Å²) in [5.41, 5.74) is -4.93. The van der Waals surface area contributed by atoms with Crippen LogP contribution in [0.1, 0.15) is 131 Å². The summed E-state index contributed by atoms with van der Waals surface area (Å²) in [7, 11) is 0. The van der Waals surface area contributed by atoms with Gasteiger partial charge in [-0.25, -0.2) is 67.1 Å². The Morgan fingerprint density at radius 3 is 1.04 bits per heavy atom. The third-order valence-corrected chi connectivity index (χ3v) is 15.3. The van der Waals surface area contributed by atoms with E-state index < -0.39 is 210 Å². The third-order valence-electron chi connectivity index (χ3n) is 15.3. The van der Waals surface area contributed by atoms with Crippen LogP contribution in [0.2, 0.25) is 0 Å². The van der Waals surface area contributed by atoms with E-state index in [1.165, 1.54) is 13.0 Å². The summed E-state index contributed by atoms with van der Waals surface area (Å²) in [6.07, 6.45) is 11.3. The minimum absolute atomic E-state index is 0.0339. The van der Waals surface area contributed by atoms with Crippen LogP contribution >= 0.6 is 0 Å². The number of rotatable bonds is 43. The van der Waals surface area contributed by atoms with Crippen LogP contribution in [0.15, 0.2) is 143 Å². The molecule has 37 nitrogen and oxygen atoms in total. The molecule has 4 rings (SSSR count). The molecule has 0 amide bonds. The fourth-order valence-electron chi connectivity index (χ4n) is 9.47. The zero-order valence-corrected chi connectivity index (χ0v) is 61.4. The quantitative estimate of drug-likeness (QED) is 0.0106. The van der Waals surface area contributed by atoms with Gasteiger partial charge in [-0.15, -0.1) is 0 Å².